The minimum absolute atomic E-state index is 0.0764. The molecule has 0 aliphatic heterocycles. The zero-order valence-corrected chi connectivity index (χ0v) is 9.47. The Morgan fingerprint density at radius 3 is 2.36 bits per heavy atom. The van der Waals surface area contributed by atoms with Crippen molar-refractivity contribution in [2.24, 2.45) is 0 Å². The van der Waals surface area contributed by atoms with E-state index in [0.29, 0.717) is 12.5 Å². The van der Waals surface area contributed by atoms with Crippen molar-refractivity contribution in [3.8, 4) is 0 Å². The summed E-state index contributed by atoms with van der Waals surface area (Å²) in [5, 5.41) is 3.24. The highest BCUT2D eigenvalue weighted by Gasteiger charge is 2.27. The van der Waals surface area contributed by atoms with Gasteiger partial charge in [0.1, 0.15) is 0 Å². The molecule has 0 saturated heterocycles. The van der Waals surface area contributed by atoms with Crippen LogP contribution in [-0.4, -0.2) is 23.8 Å². The number of halogens is 3. The molecule has 1 N–H and O–H groups in total. The molecular weight excluding hydrogens is 211 g/mol. The Balaban J connectivity index is 3.42. The molecule has 0 radical (unpaired) electrons. The van der Waals surface area contributed by atoms with Gasteiger partial charge in [-0.15, -0.1) is 0 Å². The van der Waals surface area contributed by atoms with Crippen molar-refractivity contribution in [1.82, 2.24) is 5.32 Å². The SMILES string of the molecule is CCNC(CC)CCCSC(F)(F)F. The summed E-state index contributed by atoms with van der Waals surface area (Å²) in [5.41, 5.74) is -4.07. The van der Waals surface area contributed by atoms with Crippen molar-refractivity contribution in [2.75, 3.05) is 12.3 Å². The van der Waals surface area contributed by atoms with Gasteiger partial charge in [-0.1, -0.05) is 25.6 Å². The lowest BCUT2D eigenvalue weighted by Gasteiger charge is -2.15. The van der Waals surface area contributed by atoms with Crippen molar-refractivity contribution >= 4 is 11.8 Å². The van der Waals surface area contributed by atoms with Gasteiger partial charge in [-0.05, 0) is 25.8 Å². The van der Waals surface area contributed by atoms with Crippen molar-refractivity contribution in [2.45, 2.75) is 44.7 Å². The minimum Gasteiger partial charge on any atom is -0.314 e. The number of hydrogen-bond donors (Lipinski definition) is 1. The molecule has 0 rings (SSSR count). The molecule has 5 heteroatoms. The quantitative estimate of drug-likeness (QED) is 0.671. The summed E-state index contributed by atoms with van der Waals surface area (Å²) < 4.78 is 35.3. The molecule has 0 amide bonds. The van der Waals surface area contributed by atoms with Crippen LogP contribution in [0.5, 0.6) is 0 Å². The number of alkyl halides is 3. The Kier molecular flexibility index (Phi) is 7.45. The summed E-state index contributed by atoms with van der Waals surface area (Å²) in [7, 11) is 0. The van der Waals surface area contributed by atoms with Crippen LogP contribution in [0.2, 0.25) is 0 Å². The van der Waals surface area contributed by atoms with E-state index in [1.165, 1.54) is 0 Å². The van der Waals surface area contributed by atoms with E-state index in [0.717, 1.165) is 19.4 Å². The fourth-order valence-electron chi connectivity index (χ4n) is 1.26. The van der Waals surface area contributed by atoms with Gasteiger partial charge >= 0.3 is 5.51 Å². The van der Waals surface area contributed by atoms with E-state index in [1.807, 2.05) is 13.8 Å². The maximum atomic E-state index is 11.8. The molecule has 0 aliphatic rings. The number of thioether (sulfide) groups is 1. The Labute approximate surface area is 87.8 Å². The van der Waals surface area contributed by atoms with Crippen LogP contribution in [0.3, 0.4) is 0 Å². The predicted molar refractivity (Wildman–Crippen MR) is 55.5 cm³/mol. The lowest BCUT2D eigenvalue weighted by molar-refractivity contribution is -0.0328. The van der Waals surface area contributed by atoms with Crippen LogP contribution in [0.4, 0.5) is 13.2 Å². The maximum absolute atomic E-state index is 11.8. The van der Waals surface area contributed by atoms with Crippen molar-refractivity contribution < 1.29 is 13.2 Å². The Morgan fingerprint density at radius 2 is 1.93 bits per heavy atom. The molecule has 0 spiro atoms. The lowest BCUT2D eigenvalue weighted by Crippen LogP contribution is -2.28. The van der Waals surface area contributed by atoms with E-state index in [9.17, 15) is 13.2 Å². The van der Waals surface area contributed by atoms with Gasteiger partial charge in [0.25, 0.3) is 0 Å². The Bertz CT molecular complexity index is 139. The summed E-state index contributed by atoms with van der Waals surface area (Å²) in [4.78, 5) is 0. The zero-order valence-electron chi connectivity index (χ0n) is 8.66. The fraction of sp³-hybridized carbons (Fsp3) is 1.00. The largest absolute Gasteiger partial charge is 0.441 e. The molecular formula is C9H18F3NS. The first-order valence-corrected chi connectivity index (χ1v) is 5.92. The zero-order chi connectivity index (χ0) is 11.0. The van der Waals surface area contributed by atoms with Crippen LogP contribution in [0.1, 0.15) is 33.1 Å². The monoisotopic (exact) mass is 229 g/mol. The molecule has 0 fully saturated rings. The first-order chi connectivity index (χ1) is 6.49. The van der Waals surface area contributed by atoms with Gasteiger partial charge < -0.3 is 5.32 Å². The summed E-state index contributed by atoms with van der Waals surface area (Å²) in [5.74, 6) is 0.172. The summed E-state index contributed by atoms with van der Waals surface area (Å²) in [6, 6.07) is 0.369. The molecule has 0 saturated carbocycles. The van der Waals surface area contributed by atoms with Gasteiger partial charge in [-0.25, -0.2) is 0 Å². The smallest absolute Gasteiger partial charge is 0.314 e. The van der Waals surface area contributed by atoms with E-state index in [2.05, 4.69) is 5.32 Å². The van der Waals surface area contributed by atoms with E-state index in [-0.39, 0.29) is 17.5 Å². The second kappa shape index (κ2) is 7.40. The first-order valence-electron chi connectivity index (χ1n) is 4.93. The number of rotatable bonds is 7. The highest BCUT2D eigenvalue weighted by molar-refractivity contribution is 8.00. The molecule has 14 heavy (non-hydrogen) atoms. The third-order valence-corrected chi connectivity index (χ3v) is 2.77. The van der Waals surface area contributed by atoms with Crippen LogP contribution in [0, 0.1) is 0 Å². The molecule has 1 nitrogen and oxygen atoms in total. The van der Waals surface area contributed by atoms with Crippen LogP contribution < -0.4 is 5.32 Å². The fourth-order valence-corrected chi connectivity index (χ4v) is 1.80. The van der Waals surface area contributed by atoms with Crippen molar-refractivity contribution in [3.63, 3.8) is 0 Å². The summed E-state index contributed by atoms with van der Waals surface area (Å²) >= 11 is 0.0764. The summed E-state index contributed by atoms with van der Waals surface area (Å²) in [6.45, 7) is 4.93. The summed E-state index contributed by atoms with van der Waals surface area (Å²) in [6.07, 6.45) is 2.42. The van der Waals surface area contributed by atoms with Gasteiger partial charge in [-0.2, -0.15) is 13.2 Å². The minimum atomic E-state index is -4.07. The first kappa shape index (κ1) is 14.1. The number of hydrogen-bond acceptors (Lipinski definition) is 2. The van der Waals surface area contributed by atoms with E-state index in [1.54, 1.807) is 0 Å². The molecule has 0 bridgehead atoms. The number of nitrogens with one attached hydrogen (secondary N) is 1. The molecule has 0 aromatic carbocycles. The highest BCUT2D eigenvalue weighted by Crippen LogP contribution is 2.30. The molecule has 86 valence electrons. The van der Waals surface area contributed by atoms with Crippen LogP contribution >= 0.6 is 11.8 Å². The topological polar surface area (TPSA) is 12.0 Å². The Hall–Kier alpha value is 0.100. The average Bonchev–Trinajstić information content (AvgIpc) is 2.08. The third kappa shape index (κ3) is 8.69. The van der Waals surface area contributed by atoms with Crippen LogP contribution in [0.25, 0.3) is 0 Å². The van der Waals surface area contributed by atoms with Gasteiger partial charge in [0.05, 0.1) is 0 Å². The van der Waals surface area contributed by atoms with Crippen LogP contribution in [0.15, 0.2) is 0 Å². The third-order valence-electron chi connectivity index (χ3n) is 1.95. The van der Waals surface area contributed by atoms with Crippen molar-refractivity contribution in [3.05, 3.63) is 0 Å². The van der Waals surface area contributed by atoms with Gasteiger partial charge in [0, 0.05) is 11.8 Å². The van der Waals surface area contributed by atoms with Gasteiger partial charge in [0.2, 0.25) is 0 Å². The Morgan fingerprint density at radius 1 is 1.29 bits per heavy atom. The lowest BCUT2D eigenvalue weighted by atomic mass is 10.1. The second-order valence-electron chi connectivity index (χ2n) is 3.10. The molecule has 0 heterocycles. The molecule has 1 unspecified atom stereocenters. The highest BCUT2D eigenvalue weighted by atomic mass is 32.2. The molecule has 0 aromatic rings. The van der Waals surface area contributed by atoms with Crippen LogP contribution in [-0.2, 0) is 0 Å². The van der Waals surface area contributed by atoms with E-state index >= 15 is 0 Å². The average molecular weight is 229 g/mol. The van der Waals surface area contributed by atoms with Gasteiger partial charge in [0.15, 0.2) is 0 Å². The molecule has 1 atom stereocenters. The normalized spacial score (nSPS) is 14.4. The van der Waals surface area contributed by atoms with Gasteiger partial charge in [-0.3, -0.25) is 0 Å². The molecule has 0 aromatic heterocycles. The van der Waals surface area contributed by atoms with Crippen molar-refractivity contribution in [1.29, 1.82) is 0 Å². The molecule has 0 aliphatic carbocycles. The predicted octanol–water partition coefficient (Wildman–Crippen LogP) is 3.41. The maximum Gasteiger partial charge on any atom is 0.441 e. The van der Waals surface area contributed by atoms with E-state index < -0.39 is 5.51 Å². The van der Waals surface area contributed by atoms with E-state index in [4.69, 9.17) is 0 Å². The second-order valence-corrected chi connectivity index (χ2v) is 4.26. The standard InChI is InChI=1S/C9H18F3NS/c1-3-8(13-4-2)6-5-7-14-9(10,11)12/h8,13H,3-7H2,1-2H3.